The molecular weight excluding hydrogens is 312 g/mol. The highest BCUT2D eigenvalue weighted by Gasteiger charge is 2.25. The minimum atomic E-state index is -0.120. The zero-order chi connectivity index (χ0) is 14.9. The molecule has 0 N–H and O–H groups in total. The number of aromatic nitrogens is 2. The van der Waals surface area contributed by atoms with Crippen LogP contribution in [0.5, 0.6) is 0 Å². The molecule has 110 valence electrons. The van der Waals surface area contributed by atoms with Gasteiger partial charge in [0.25, 0.3) is 5.56 Å². The van der Waals surface area contributed by atoms with Gasteiger partial charge in [-0.3, -0.25) is 4.79 Å². The highest BCUT2D eigenvalue weighted by molar-refractivity contribution is 8.00. The highest BCUT2D eigenvalue weighted by atomic mass is 32.2. The SMILES string of the molecule is O=c1nc2n(c3ccccc13)C(CSc1ccccc1)CS2. The Hall–Kier alpha value is -1.72. The van der Waals surface area contributed by atoms with Crippen molar-refractivity contribution in [3.8, 4) is 0 Å². The van der Waals surface area contributed by atoms with Crippen molar-refractivity contribution in [2.75, 3.05) is 11.5 Å². The second-order valence-corrected chi connectivity index (χ2v) is 7.26. The van der Waals surface area contributed by atoms with Crippen molar-refractivity contribution in [2.24, 2.45) is 0 Å². The zero-order valence-corrected chi connectivity index (χ0v) is 13.4. The van der Waals surface area contributed by atoms with Crippen LogP contribution in [-0.2, 0) is 0 Å². The average molecular weight is 326 g/mol. The molecule has 0 aliphatic carbocycles. The number of benzene rings is 2. The molecule has 0 bridgehead atoms. The van der Waals surface area contributed by atoms with E-state index in [1.807, 2.05) is 42.1 Å². The Morgan fingerprint density at radius 1 is 1.14 bits per heavy atom. The van der Waals surface area contributed by atoms with Crippen LogP contribution in [0, 0.1) is 0 Å². The number of rotatable bonds is 3. The second-order valence-electron chi connectivity index (χ2n) is 5.18. The molecule has 1 aliphatic rings. The van der Waals surface area contributed by atoms with Crippen molar-refractivity contribution in [3.63, 3.8) is 0 Å². The largest absolute Gasteiger partial charge is 0.315 e. The summed E-state index contributed by atoms with van der Waals surface area (Å²) in [4.78, 5) is 17.6. The van der Waals surface area contributed by atoms with Crippen LogP contribution in [0.2, 0.25) is 0 Å². The van der Waals surface area contributed by atoms with E-state index in [9.17, 15) is 4.79 Å². The summed E-state index contributed by atoms with van der Waals surface area (Å²) in [6, 6.07) is 18.6. The van der Waals surface area contributed by atoms with E-state index in [0.717, 1.165) is 22.2 Å². The first-order chi connectivity index (χ1) is 10.8. The molecule has 0 saturated heterocycles. The predicted octanol–water partition coefficient (Wildman–Crippen LogP) is 3.84. The van der Waals surface area contributed by atoms with Gasteiger partial charge in [-0.2, -0.15) is 4.98 Å². The van der Waals surface area contributed by atoms with Gasteiger partial charge >= 0.3 is 0 Å². The Morgan fingerprint density at radius 3 is 2.77 bits per heavy atom. The molecular formula is C17H14N2OS2. The summed E-state index contributed by atoms with van der Waals surface area (Å²) in [6.07, 6.45) is 0. The molecule has 1 atom stereocenters. The quantitative estimate of drug-likeness (QED) is 0.541. The molecule has 0 spiro atoms. The smallest absolute Gasteiger partial charge is 0.281 e. The molecule has 1 unspecified atom stereocenters. The summed E-state index contributed by atoms with van der Waals surface area (Å²) in [6.45, 7) is 0. The van der Waals surface area contributed by atoms with Gasteiger partial charge in [-0.25, -0.2) is 0 Å². The summed E-state index contributed by atoms with van der Waals surface area (Å²) in [5, 5.41) is 1.56. The van der Waals surface area contributed by atoms with E-state index in [1.54, 1.807) is 11.8 Å². The van der Waals surface area contributed by atoms with Crippen LogP contribution < -0.4 is 5.56 Å². The van der Waals surface area contributed by atoms with E-state index >= 15 is 0 Å². The van der Waals surface area contributed by atoms with E-state index in [-0.39, 0.29) is 5.56 Å². The Morgan fingerprint density at radius 2 is 1.91 bits per heavy atom. The number of nitrogens with zero attached hydrogens (tertiary/aromatic N) is 2. The molecule has 3 nitrogen and oxygen atoms in total. The third kappa shape index (κ3) is 2.44. The van der Waals surface area contributed by atoms with Gasteiger partial charge in [-0.1, -0.05) is 42.1 Å². The summed E-state index contributed by atoms with van der Waals surface area (Å²) in [5.74, 6) is 1.96. The Balaban J connectivity index is 1.70. The van der Waals surface area contributed by atoms with Gasteiger partial charge < -0.3 is 4.57 Å². The van der Waals surface area contributed by atoms with E-state index in [1.165, 1.54) is 4.90 Å². The number of para-hydroxylation sites is 1. The van der Waals surface area contributed by atoms with Crippen molar-refractivity contribution in [1.29, 1.82) is 0 Å². The standard InChI is InChI=1S/C17H14N2OS2/c20-16-14-8-4-5-9-15(14)19-12(11-22-17(19)18-16)10-21-13-6-2-1-3-7-13/h1-9,12H,10-11H2. The third-order valence-electron chi connectivity index (χ3n) is 3.75. The Bertz CT molecular complexity index is 877. The van der Waals surface area contributed by atoms with Crippen LogP contribution in [-0.4, -0.2) is 21.1 Å². The first kappa shape index (κ1) is 13.9. The molecule has 0 amide bonds. The van der Waals surface area contributed by atoms with E-state index in [0.29, 0.717) is 11.4 Å². The second kappa shape index (κ2) is 5.82. The van der Waals surface area contributed by atoms with Crippen molar-refractivity contribution < 1.29 is 0 Å². The monoisotopic (exact) mass is 326 g/mol. The van der Waals surface area contributed by atoms with Crippen LogP contribution >= 0.6 is 23.5 Å². The van der Waals surface area contributed by atoms with Gasteiger partial charge in [0.1, 0.15) is 0 Å². The van der Waals surface area contributed by atoms with Gasteiger partial charge in [0.15, 0.2) is 5.16 Å². The lowest BCUT2D eigenvalue weighted by atomic mass is 10.2. The fourth-order valence-corrected chi connectivity index (χ4v) is 4.99. The lowest BCUT2D eigenvalue weighted by Gasteiger charge is -2.16. The molecule has 0 fully saturated rings. The van der Waals surface area contributed by atoms with Crippen molar-refractivity contribution in [3.05, 3.63) is 65.0 Å². The van der Waals surface area contributed by atoms with Crippen LogP contribution in [0.15, 0.2) is 69.4 Å². The fourth-order valence-electron chi connectivity index (χ4n) is 2.70. The van der Waals surface area contributed by atoms with Crippen LogP contribution in [0.25, 0.3) is 10.9 Å². The van der Waals surface area contributed by atoms with Crippen LogP contribution in [0.1, 0.15) is 6.04 Å². The molecule has 0 radical (unpaired) electrons. The maximum absolute atomic E-state index is 12.1. The van der Waals surface area contributed by atoms with Crippen LogP contribution in [0.4, 0.5) is 0 Å². The molecule has 2 heterocycles. The van der Waals surface area contributed by atoms with Gasteiger partial charge in [0, 0.05) is 16.4 Å². The molecule has 1 aliphatic heterocycles. The first-order valence-electron chi connectivity index (χ1n) is 7.15. The topological polar surface area (TPSA) is 34.9 Å². The van der Waals surface area contributed by atoms with Gasteiger partial charge in [0.2, 0.25) is 0 Å². The fraction of sp³-hybridized carbons (Fsp3) is 0.176. The average Bonchev–Trinajstić information content (AvgIpc) is 2.97. The van der Waals surface area contributed by atoms with E-state index in [2.05, 4.69) is 33.8 Å². The van der Waals surface area contributed by atoms with Gasteiger partial charge in [-0.05, 0) is 24.3 Å². The highest BCUT2D eigenvalue weighted by Crippen LogP contribution is 2.36. The normalized spacial score (nSPS) is 16.8. The van der Waals surface area contributed by atoms with Crippen molar-refractivity contribution in [2.45, 2.75) is 16.1 Å². The predicted molar refractivity (Wildman–Crippen MR) is 92.9 cm³/mol. The molecule has 1 aromatic heterocycles. The van der Waals surface area contributed by atoms with Crippen LogP contribution in [0.3, 0.4) is 0 Å². The van der Waals surface area contributed by atoms with E-state index in [4.69, 9.17) is 0 Å². The molecule has 4 rings (SSSR count). The maximum atomic E-state index is 12.1. The van der Waals surface area contributed by atoms with Gasteiger partial charge in [0.05, 0.1) is 16.9 Å². The summed E-state index contributed by atoms with van der Waals surface area (Å²) in [5.41, 5.74) is 0.881. The molecule has 22 heavy (non-hydrogen) atoms. The Labute approximate surface area is 136 Å². The summed E-state index contributed by atoms with van der Waals surface area (Å²) in [7, 11) is 0. The third-order valence-corrected chi connectivity index (χ3v) is 6.01. The zero-order valence-electron chi connectivity index (χ0n) is 11.8. The number of hydrogen-bond donors (Lipinski definition) is 0. The van der Waals surface area contributed by atoms with Crippen molar-refractivity contribution in [1.82, 2.24) is 9.55 Å². The Kier molecular flexibility index (Phi) is 3.68. The summed E-state index contributed by atoms with van der Waals surface area (Å²) >= 11 is 3.53. The molecule has 3 aromatic rings. The summed E-state index contributed by atoms with van der Waals surface area (Å²) < 4.78 is 2.23. The lowest BCUT2D eigenvalue weighted by Crippen LogP contribution is -2.17. The molecule has 0 saturated carbocycles. The molecule has 5 heteroatoms. The van der Waals surface area contributed by atoms with E-state index < -0.39 is 0 Å². The minimum Gasteiger partial charge on any atom is -0.315 e. The number of fused-ring (bicyclic) bond motifs is 3. The van der Waals surface area contributed by atoms with Crippen molar-refractivity contribution >= 4 is 34.4 Å². The van der Waals surface area contributed by atoms with Gasteiger partial charge in [-0.15, -0.1) is 11.8 Å². The maximum Gasteiger partial charge on any atom is 0.281 e. The number of hydrogen-bond acceptors (Lipinski definition) is 4. The first-order valence-corrected chi connectivity index (χ1v) is 9.12. The lowest BCUT2D eigenvalue weighted by molar-refractivity contribution is 0.591. The molecule has 2 aromatic carbocycles. The number of thioether (sulfide) groups is 2. The minimum absolute atomic E-state index is 0.120.